The van der Waals surface area contributed by atoms with Crippen LogP contribution in [0.3, 0.4) is 0 Å². The Bertz CT molecular complexity index is 922. The molecule has 1 aromatic carbocycles. The Balaban J connectivity index is 1.34. The Morgan fingerprint density at radius 3 is 2.89 bits per heavy atom. The van der Waals surface area contributed by atoms with Gasteiger partial charge in [0, 0.05) is 49.7 Å². The predicted octanol–water partition coefficient (Wildman–Crippen LogP) is 2.17. The number of hydrogen-bond acceptors (Lipinski definition) is 4. The van der Waals surface area contributed by atoms with E-state index in [0.29, 0.717) is 24.6 Å². The van der Waals surface area contributed by atoms with Gasteiger partial charge in [0.05, 0.1) is 12.0 Å². The molecule has 1 fully saturated rings. The van der Waals surface area contributed by atoms with Gasteiger partial charge in [-0.2, -0.15) is 0 Å². The van der Waals surface area contributed by atoms with Crippen molar-refractivity contribution in [3.63, 3.8) is 0 Å². The molecule has 0 spiro atoms. The summed E-state index contributed by atoms with van der Waals surface area (Å²) in [5, 5.41) is 0. The number of carbonyl (C=O) groups is 2. The van der Waals surface area contributed by atoms with Gasteiger partial charge >= 0.3 is 0 Å². The van der Waals surface area contributed by atoms with Gasteiger partial charge in [-0.1, -0.05) is 0 Å². The maximum atomic E-state index is 13.1. The molecule has 7 nitrogen and oxygen atoms in total. The van der Waals surface area contributed by atoms with E-state index in [2.05, 4.69) is 17.6 Å². The minimum Gasteiger partial charge on any atom is -0.454 e. The fourth-order valence-electron chi connectivity index (χ4n) is 4.29. The van der Waals surface area contributed by atoms with Crippen molar-refractivity contribution in [2.75, 3.05) is 24.8 Å². The summed E-state index contributed by atoms with van der Waals surface area (Å²) in [4.78, 5) is 29.3. The number of aromatic nitrogens is 1. The van der Waals surface area contributed by atoms with Gasteiger partial charge in [0.15, 0.2) is 11.5 Å². The van der Waals surface area contributed by atoms with Crippen LogP contribution in [0.5, 0.6) is 11.5 Å². The molecule has 27 heavy (non-hydrogen) atoms. The molecule has 5 rings (SSSR count). The summed E-state index contributed by atoms with van der Waals surface area (Å²) >= 11 is 0. The molecule has 2 aromatic rings. The van der Waals surface area contributed by atoms with E-state index in [1.807, 2.05) is 29.3 Å². The first-order valence-electron chi connectivity index (χ1n) is 9.27. The number of fused-ring (bicyclic) bond motifs is 2. The second kappa shape index (κ2) is 6.04. The van der Waals surface area contributed by atoms with E-state index >= 15 is 0 Å². The normalized spacial score (nSPS) is 23.7. The Morgan fingerprint density at radius 2 is 2.00 bits per heavy atom. The topological polar surface area (TPSA) is 64.0 Å². The van der Waals surface area contributed by atoms with Crippen molar-refractivity contribution in [1.29, 1.82) is 0 Å². The van der Waals surface area contributed by atoms with Crippen LogP contribution < -0.4 is 14.4 Å². The molecule has 0 bridgehead atoms. The number of carbonyl (C=O) groups excluding carboxylic acids is 2. The zero-order valence-electron chi connectivity index (χ0n) is 15.1. The molecule has 3 aliphatic heterocycles. The monoisotopic (exact) mass is 367 g/mol. The van der Waals surface area contributed by atoms with Crippen molar-refractivity contribution in [2.24, 2.45) is 5.92 Å². The van der Waals surface area contributed by atoms with Crippen molar-refractivity contribution in [1.82, 2.24) is 9.47 Å². The molecule has 1 aromatic heterocycles. The summed E-state index contributed by atoms with van der Waals surface area (Å²) in [5.41, 5.74) is 1.90. The van der Waals surface area contributed by atoms with Gasteiger partial charge in [-0.3, -0.25) is 9.59 Å². The van der Waals surface area contributed by atoms with Crippen molar-refractivity contribution < 1.29 is 19.1 Å². The zero-order valence-corrected chi connectivity index (χ0v) is 15.1. The van der Waals surface area contributed by atoms with Crippen LogP contribution in [0, 0.1) is 5.92 Å². The van der Waals surface area contributed by atoms with Crippen LogP contribution in [-0.2, 0) is 16.1 Å². The lowest BCUT2D eigenvalue weighted by Crippen LogP contribution is -2.44. The maximum absolute atomic E-state index is 13.1. The van der Waals surface area contributed by atoms with Crippen molar-refractivity contribution in [3.05, 3.63) is 42.2 Å². The van der Waals surface area contributed by atoms with Gasteiger partial charge in [0.1, 0.15) is 0 Å². The first-order chi connectivity index (χ1) is 13.1. The van der Waals surface area contributed by atoms with Crippen LogP contribution in [-0.4, -0.2) is 41.2 Å². The van der Waals surface area contributed by atoms with Gasteiger partial charge < -0.3 is 23.8 Å². The third-order valence-electron chi connectivity index (χ3n) is 5.77. The molecule has 2 amide bonds. The van der Waals surface area contributed by atoms with Crippen LogP contribution in [0.2, 0.25) is 0 Å². The first-order valence-corrected chi connectivity index (χ1v) is 9.27. The molecule has 0 radical (unpaired) electrons. The highest BCUT2D eigenvalue weighted by atomic mass is 16.7. The van der Waals surface area contributed by atoms with Gasteiger partial charge in [0.2, 0.25) is 18.6 Å². The van der Waals surface area contributed by atoms with Crippen LogP contribution in [0.4, 0.5) is 5.69 Å². The lowest BCUT2D eigenvalue weighted by molar-refractivity contribution is -0.139. The van der Waals surface area contributed by atoms with Crippen LogP contribution >= 0.6 is 0 Å². The summed E-state index contributed by atoms with van der Waals surface area (Å²) in [6.45, 7) is 4.13. The standard InChI is InChI=1S/C20H21N3O4/c1-13-16-3-2-6-21(16)7-8-22(13)20(25)14-9-19(24)23(11-14)15-4-5-17-18(10-15)27-12-26-17/h2-6,10,13-14H,7-9,11-12H2,1H3/t13-,14+/m0/s1. The highest BCUT2D eigenvalue weighted by Gasteiger charge is 2.40. The molecule has 140 valence electrons. The Hall–Kier alpha value is -2.96. The van der Waals surface area contributed by atoms with E-state index in [4.69, 9.17) is 9.47 Å². The third kappa shape index (κ3) is 2.57. The molecule has 0 saturated carbocycles. The maximum Gasteiger partial charge on any atom is 0.231 e. The number of benzene rings is 1. The molecule has 2 atom stereocenters. The van der Waals surface area contributed by atoms with E-state index in [1.54, 1.807) is 11.0 Å². The second-order valence-corrected chi connectivity index (χ2v) is 7.28. The number of hydrogen-bond donors (Lipinski definition) is 0. The van der Waals surface area contributed by atoms with E-state index in [9.17, 15) is 9.59 Å². The van der Waals surface area contributed by atoms with E-state index in [1.165, 1.54) is 0 Å². The number of anilines is 1. The van der Waals surface area contributed by atoms with Crippen molar-refractivity contribution in [2.45, 2.75) is 25.9 Å². The fraction of sp³-hybridized carbons (Fsp3) is 0.400. The van der Waals surface area contributed by atoms with Crippen molar-refractivity contribution >= 4 is 17.5 Å². The summed E-state index contributed by atoms with van der Waals surface area (Å²) in [6.07, 6.45) is 2.30. The van der Waals surface area contributed by atoms with Gasteiger partial charge in [0.25, 0.3) is 0 Å². The molecular weight excluding hydrogens is 346 g/mol. The number of amides is 2. The highest BCUT2D eigenvalue weighted by Crippen LogP contribution is 2.38. The number of rotatable bonds is 2. The molecule has 0 N–H and O–H groups in total. The summed E-state index contributed by atoms with van der Waals surface area (Å²) in [6, 6.07) is 9.55. The SMILES string of the molecule is C[C@H]1c2cccn2CCN1C(=O)[C@@H]1CC(=O)N(c2ccc3c(c2)OCO3)C1. The fourth-order valence-corrected chi connectivity index (χ4v) is 4.29. The molecule has 3 aliphatic rings. The van der Waals surface area contributed by atoms with Crippen LogP contribution in [0.15, 0.2) is 36.5 Å². The molecule has 1 saturated heterocycles. The molecular formula is C20H21N3O4. The summed E-state index contributed by atoms with van der Waals surface area (Å²) in [7, 11) is 0. The average molecular weight is 367 g/mol. The second-order valence-electron chi connectivity index (χ2n) is 7.28. The third-order valence-corrected chi connectivity index (χ3v) is 5.77. The number of nitrogens with zero attached hydrogens (tertiary/aromatic N) is 3. The lowest BCUT2D eigenvalue weighted by atomic mass is 10.0. The Kier molecular flexibility index (Phi) is 3.63. The van der Waals surface area contributed by atoms with Gasteiger partial charge in [-0.05, 0) is 31.2 Å². The minimum atomic E-state index is -0.313. The summed E-state index contributed by atoms with van der Waals surface area (Å²) < 4.78 is 12.9. The van der Waals surface area contributed by atoms with Gasteiger partial charge in [-0.25, -0.2) is 0 Å². The highest BCUT2D eigenvalue weighted by molar-refractivity contribution is 6.00. The van der Waals surface area contributed by atoms with E-state index in [-0.39, 0.29) is 37.0 Å². The van der Waals surface area contributed by atoms with E-state index < -0.39 is 0 Å². The minimum absolute atomic E-state index is 0.0240. The van der Waals surface area contributed by atoms with Crippen LogP contribution in [0.25, 0.3) is 0 Å². The average Bonchev–Trinajstić information content (AvgIpc) is 3.40. The quantitative estimate of drug-likeness (QED) is 0.816. The van der Waals surface area contributed by atoms with Gasteiger partial charge in [-0.15, -0.1) is 0 Å². The molecule has 0 aliphatic carbocycles. The van der Waals surface area contributed by atoms with Crippen LogP contribution in [0.1, 0.15) is 25.1 Å². The van der Waals surface area contributed by atoms with Crippen molar-refractivity contribution in [3.8, 4) is 11.5 Å². The Labute approximate surface area is 157 Å². The first kappa shape index (κ1) is 16.2. The lowest BCUT2D eigenvalue weighted by Gasteiger charge is -2.36. The molecule has 0 unspecified atom stereocenters. The van der Waals surface area contributed by atoms with E-state index in [0.717, 1.165) is 17.9 Å². The Morgan fingerprint density at radius 1 is 1.15 bits per heavy atom. The smallest absolute Gasteiger partial charge is 0.231 e. The molecule has 4 heterocycles. The predicted molar refractivity (Wildman–Crippen MR) is 97.6 cm³/mol. The molecule has 7 heteroatoms. The number of ether oxygens (including phenoxy) is 2. The zero-order chi connectivity index (χ0) is 18.5. The largest absolute Gasteiger partial charge is 0.454 e. The summed E-state index contributed by atoms with van der Waals surface area (Å²) in [5.74, 6) is 1.04.